The zero-order valence-electron chi connectivity index (χ0n) is 23.0. The highest BCUT2D eigenvalue weighted by molar-refractivity contribution is 5.97. The van der Waals surface area contributed by atoms with Crippen LogP contribution in [0.1, 0.15) is 93.4 Å². The summed E-state index contributed by atoms with van der Waals surface area (Å²) in [5.41, 5.74) is -0.153. The number of fused-ring (bicyclic) bond motifs is 7. The average molecular weight is 481 g/mol. The standard InChI is InChI=1S/C31H44O4/c1-19-21(32)9-10-28(5)23-17-22(33)24-20-18-26(2,3)11-15-31(20,25(34)35-8)16-14-30(24,7)29(23,6)13-12-27(19,28)4/h9-10,17,19-20,24H,11-16,18H2,1-8H3. The molecule has 0 bridgehead atoms. The molecule has 0 saturated heterocycles. The molecule has 0 aromatic carbocycles. The number of rotatable bonds is 1. The van der Waals surface area contributed by atoms with Crippen molar-refractivity contribution in [3.63, 3.8) is 0 Å². The molecule has 0 radical (unpaired) electrons. The van der Waals surface area contributed by atoms with Gasteiger partial charge in [0.1, 0.15) is 0 Å². The van der Waals surface area contributed by atoms with Crippen molar-refractivity contribution in [1.29, 1.82) is 0 Å². The average Bonchev–Trinajstić information content (AvgIpc) is 2.80. The van der Waals surface area contributed by atoms with E-state index in [1.54, 1.807) is 6.08 Å². The molecule has 3 saturated carbocycles. The molecule has 4 nitrogen and oxygen atoms in total. The van der Waals surface area contributed by atoms with Gasteiger partial charge in [-0.25, -0.2) is 0 Å². The zero-order chi connectivity index (χ0) is 25.8. The molecule has 0 aliphatic heterocycles. The summed E-state index contributed by atoms with van der Waals surface area (Å²) < 4.78 is 5.41. The van der Waals surface area contributed by atoms with Gasteiger partial charge < -0.3 is 4.74 Å². The molecule has 0 N–H and O–H groups in total. The molecule has 0 spiro atoms. The number of allylic oxidation sites excluding steroid dienone is 4. The van der Waals surface area contributed by atoms with Gasteiger partial charge in [0.25, 0.3) is 0 Å². The van der Waals surface area contributed by atoms with Crippen LogP contribution in [0.15, 0.2) is 23.8 Å². The van der Waals surface area contributed by atoms with Crippen molar-refractivity contribution >= 4 is 17.5 Å². The van der Waals surface area contributed by atoms with Crippen molar-refractivity contribution in [2.75, 3.05) is 7.11 Å². The highest BCUT2D eigenvalue weighted by Gasteiger charge is 2.71. The van der Waals surface area contributed by atoms with Crippen molar-refractivity contribution in [2.24, 2.45) is 50.2 Å². The first-order chi connectivity index (χ1) is 16.1. The third kappa shape index (κ3) is 2.83. The number of ether oxygens (including phenoxy) is 1. The van der Waals surface area contributed by atoms with E-state index in [2.05, 4.69) is 54.5 Å². The van der Waals surface area contributed by atoms with Crippen LogP contribution in [0, 0.1) is 50.2 Å². The second kappa shape index (κ2) is 7.19. The topological polar surface area (TPSA) is 60.4 Å². The van der Waals surface area contributed by atoms with Crippen molar-refractivity contribution in [2.45, 2.75) is 93.4 Å². The number of carbonyl (C=O) groups excluding carboxylic acids is 3. The van der Waals surface area contributed by atoms with Gasteiger partial charge in [-0.1, -0.05) is 54.5 Å². The van der Waals surface area contributed by atoms with E-state index in [9.17, 15) is 14.4 Å². The minimum Gasteiger partial charge on any atom is -0.469 e. The molecule has 8 unspecified atom stereocenters. The van der Waals surface area contributed by atoms with Gasteiger partial charge in [0.15, 0.2) is 11.6 Å². The molecule has 0 amide bonds. The third-order valence-electron chi connectivity index (χ3n) is 12.8. The Morgan fingerprint density at radius 2 is 1.51 bits per heavy atom. The maximum absolute atomic E-state index is 14.3. The normalized spacial score (nSPS) is 50.3. The number of carbonyl (C=O) groups is 3. The Balaban J connectivity index is 1.69. The van der Waals surface area contributed by atoms with Gasteiger partial charge in [0.05, 0.1) is 12.5 Å². The molecular weight excluding hydrogens is 436 g/mol. The van der Waals surface area contributed by atoms with Crippen LogP contribution in [0.4, 0.5) is 0 Å². The molecule has 0 heterocycles. The molecule has 4 heteroatoms. The SMILES string of the molecule is COC(=O)C12CCC(C)(C)CC1C1C(=O)C=C3C4(C)C=CC(=O)C(C)C4(C)CCC3(C)C1(C)CC2. The molecule has 35 heavy (non-hydrogen) atoms. The first-order valence-electron chi connectivity index (χ1n) is 13.7. The van der Waals surface area contributed by atoms with Gasteiger partial charge in [-0.15, -0.1) is 0 Å². The third-order valence-corrected chi connectivity index (χ3v) is 12.8. The summed E-state index contributed by atoms with van der Waals surface area (Å²) in [5.74, 6) is 0.0374. The Hall–Kier alpha value is -1.71. The fourth-order valence-electron chi connectivity index (χ4n) is 9.73. The lowest BCUT2D eigenvalue weighted by molar-refractivity contribution is -0.192. The van der Waals surface area contributed by atoms with E-state index in [1.165, 1.54) is 12.7 Å². The molecule has 5 aliphatic rings. The van der Waals surface area contributed by atoms with E-state index in [-0.39, 0.29) is 62.4 Å². The van der Waals surface area contributed by atoms with Crippen LogP contribution in [0.3, 0.4) is 0 Å². The summed E-state index contributed by atoms with van der Waals surface area (Å²) in [5, 5.41) is 0. The fourth-order valence-corrected chi connectivity index (χ4v) is 9.73. The number of methoxy groups -OCH3 is 1. The van der Waals surface area contributed by atoms with Crippen LogP contribution in [0.25, 0.3) is 0 Å². The first kappa shape index (κ1) is 25.0. The quantitative estimate of drug-likeness (QED) is 0.403. The predicted octanol–water partition coefficient (Wildman–Crippen LogP) is 6.49. The van der Waals surface area contributed by atoms with Gasteiger partial charge in [-0.05, 0) is 90.2 Å². The number of hydrogen-bond acceptors (Lipinski definition) is 4. The van der Waals surface area contributed by atoms with Crippen LogP contribution in [0.2, 0.25) is 0 Å². The van der Waals surface area contributed by atoms with E-state index in [0.717, 1.165) is 44.9 Å². The van der Waals surface area contributed by atoms with E-state index >= 15 is 0 Å². The Labute approximate surface area is 211 Å². The number of esters is 1. The lowest BCUT2D eigenvalue weighted by Gasteiger charge is -2.70. The van der Waals surface area contributed by atoms with Crippen LogP contribution >= 0.6 is 0 Å². The zero-order valence-corrected chi connectivity index (χ0v) is 23.0. The van der Waals surface area contributed by atoms with Crippen molar-refractivity contribution in [3.8, 4) is 0 Å². The number of ketones is 2. The molecule has 5 rings (SSSR count). The summed E-state index contributed by atoms with van der Waals surface area (Å²) in [4.78, 5) is 40.4. The lowest BCUT2D eigenvalue weighted by atomic mass is 9.33. The Morgan fingerprint density at radius 3 is 2.17 bits per heavy atom. The minimum atomic E-state index is -0.551. The van der Waals surface area contributed by atoms with E-state index < -0.39 is 5.41 Å². The van der Waals surface area contributed by atoms with Crippen LogP contribution in [-0.4, -0.2) is 24.6 Å². The summed E-state index contributed by atoms with van der Waals surface area (Å²) in [6.07, 6.45) is 12.1. The van der Waals surface area contributed by atoms with Crippen molar-refractivity contribution in [3.05, 3.63) is 23.8 Å². The van der Waals surface area contributed by atoms with Gasteiger partial charge in [-0.2, -0.15) is 0 Å². The smallest absolute Gasteiger partial charge is 0.312 e. The van der Waals surface area contributed by atoms with E-state index in [1.807, 2.05) is 6.08 Å². The maximum atomic E-state index is 14.3. The Bertz CT molecular complexity index is 1070. The van der Waals surface area contributed by atoms with Gasteiger partial charge in [0.2, 0.25) is 0 Å². The maximum Gasteiger partial charge on any atom is 0.312 e. The van der Waals surface area contributed by atoms with Gasteiger partial charge in [-0.3, -0.25) is 14.4 Å². The van der Waals surface area contributed by atoms with E-state index in [0.29, 0.717) is 0 Å². The van der Waals surface area contributed by atoms with Gasteiger partial charge in [0, 0.05) is 17.3 Å². The molecular formula is C31H44O4. The Morgan fingerprint density at radius 1 is 0.886 bits per heavy atom. The summed E-state index contributed by atoms with van der Waals surface area (Å²) >= 11 is 0. The largest absolute Gasteiger partial charge is 0.469 e. The molecule has 192 valence electrons. The first-order valence-corrected chi connectivity index (χ1v) is 13.7. The highest BCUT2D eigenvalue weighted by Crippen LogP contribution is 2.75. The van der Waals surface area contributed by atoms with Crippen LogP contribution < -0.4 is 0 Å². The van der Waals surface area contributed by atoms with Crippen LogP contribution in [-0.2, 0) is 19.1 Å². The van der Waals surface area contributed by atoms with Crippen LogP contribution in [0.5, 0.6) is 0 Å². The molecule has 0 aromatic heterocycles. The lowest BCUT2D eigenvalue weighted by Crippen LogP contribution is -2.66. The predicted molar refractivity (Wildman–Crippen MR) is 136 cm³/mol. The van der Waals surface area contributed by atoms with Crippen molar-refractivity contribution < 1.29 is 19.1 Å². The highest BCUT2D eigenvalue weighted by atomic mass is 16.5. The van der Waals surface area contributed by atoms with E-state index in [4.69, 9.17) is 4.74 Å². The van der Waals surface area contributed by atoms with Crippen molar-refractivity contribution in [1.82, 2.24) is 0 Å². The summed E-state index contributed by atoms with van der Waals surface area (Å²) in [6, 6.07) is 0. The Kier molecular flexibility index (Phi) is 5.13. The summed E-state index contributed by atoms with van der Waals surface area (Å²) in [7, 11) is 1.50. The molecule has 5 aliphatic carbocycles. The molecule has 8 atom stereocenters. The monoisotopic (exact) mass is 480 g/mol. The second-order valence-electron chi connectivity index (χ2n) is 14.4. The molecule has 0 aromatic rings. The summed E-state index contributed by atoms with van der Waals surface area (Å²) in [6.45, 7) is 15.9. The number of hydrogen-bond donors (Lipinski definition) is 0. The van der Waals surface area contributed by atoms with Gasteiger partial charge >= 0.3 is 5.97 Å². The fraction of sp³-hybridized carbons (Fsp3) is 0.774. The second-order valence-corrected chi connectivity index (χ2v) is 14.4. The molecule has 3 fully saturated rings. The minimum absolute atomic E-state index is 0.00286.